The van der Waals surface area contributed by atoms with Gasteiger partial charge in [-0.2, -0.15) is 0 Å². The van der Waals surface area contributed by atoms with Gasteiger partial charge in [-0.15, -0.1) is 11.3 Å². The molecule has 102 valence electrons. The summed E-state index contributed by atoms with van der Waals surface area (Å²) in [5.74, 6) is 0.597. The summed E-state index contributed by atoms with van der Waals surface area (Å²) >= 11 is 1.67. The normalized spacial score (nSPS) is 13.4. The van der Waals surface area contributed by atoms with Gasteiger partial charge in [-0.25, -0.2) is 0 Å². The summed E-state index contributed by atoms with van der Waals surface area (Å²) in [4.78, 5) is 12.2. The lowest BCUT2D eigenvalue weighted by atomic mass is 9.82. The van der Waals surface area contributed by atoms with Crippen molar-refractivity contribution in [2.24, 2.45) is 11.3 Å². The molecule has 1 atom stereocenters. The van der Waals surface area contributed by atoms with Gasteiger partial charge in [0.2, 0.25) is 5.91 Å². The van der Waals surface area contributed by atoms with Crippen LogP contribution in [0.5, 0.6) is 0 Å². The topological polar surface area (TPSA) is 41.1 Å². The molecular formula is C14H24N2OS. The van der Waals surface area contributed by atoms with Crippen LogP contribution >= 0.6 is 11.3 Å². The minimum atomic E-state index is -0.0160. The quantitative estimate of drug-likeness (QED) is 0.858. The monoisotopic (exact) mass is 268 g/mol. The van der Waals surface area contributed by atoms with Gasteiger partial charge < -0.3 is 10.6 Å². The summed E-state index contributed by atoms with van der Waals surface area (Å²) in [6, 6.07) is 1.95. The van der Waals surface area contributed by atoms with Gasteiger partial charge >= 0.3 is 0 Å². The molecule has 3 nitrogen and oxygen atoms in total. The van der Waals surface area contributed by atoms with Gasteiger partial charge in [0.1, 0.15) is 0 Å². The second-order valence-corrected chi connectivity index (χ2v) is 6.84. The zero-order valence-corrected chi connectivity index (χ0v) is 12.8. The largest absolute Gasteiger partial charge is 0.325 e. The predicted octanol–water partition coefficient (Wildman–Crippen LogP) is 3.48. The summed E-state index contributed by atoms with van der Waals surface area (Å²) < 4.78 is 0. The lowest BCUT2D eigenvalue weighted by Crippen LogP contribution is -2.29. The van der Waals surface area contributed by atoms with E-state index in [1.165, 1.54) is 11.8 Å². The molecule has 0 aliphatic carbocycles. The van der Waals surface area contributed by atoms with E-state index in [2.05, 4.69) is 38.3 Å². The SMILES string of the molecule is CC(=O)Nc1ccsc1CNCC(C)C(C)(C)C. The molecule has 1 heterocycles. The van der Waals surface area contributed by atoms with Crippen molar-refractivity contribution in [3.8, 4) is 0 Å². The Kier molecular flexibility index (Phi) is 5.35. The van der Waals surface area contributed by atoms with Gasteiger partial charge in [0, 0.05) is 18.3 Å². The molecule has 0 saturated carbocycles. The number of thiophene rings is 1. The molecule has 0 aliphatic heterocycles. The number of rotatable bonds is 5. The molecule has 1 amide bonds. The Bertz CT molecular complexity index is 393. The zero-order valence-electron chi connectivity index (χ0n) is 12.0. The van der Waals surface area contributed by atoms with E-state index in [9.17, 15) is 4.79 Å². The Hall–Kier alpha value is -0.870. The first-order valence-electron chi connectivity index (χ1n) is 6.35. The van der Waals surface area contributed by atoms with Gasteiger partial charge in [0.25, 0.3) is 0 Å². The van der Waals surface area contributed by atoms with Crippen molar-refractivity contribution in [2.75, 3.05) is 11.9 Å². The summed E-state index contributed by atoms with van der Waals surface area (Å²) in [6.45, 7) is 12.4. The van der Waals surface area contributed by atoms with Crippen LogP contribution in [0.25, 0.3) is 0 Å². The highest BCUT2D eigenvalue weighted by atomic mass is 32.1. The second kappa shape index (κ2) is 6.34. The van der Waals surface area contributed by atoms with E-state index < -0.39 is 0 Å². The van der Waals surface area contributed by atoms with Crippen molar-refractivity contribution >= 4 is 22.9 Å². The van der Waals surface area contributed by atoms with Crippen molar-refractivity contribution in [1.29, 1.82) is 0 Å². The zero-order chi connectivity index (χ0) is 13.8. The average molecular weight is 268 g/mol. The molecule has 1 aromatic rings. The van der Waals surface area contributed by atoms with Crippen LogP contribution in [0.3, 0.4) is 0 Å². The molecule has 0 radical (unpaired) electrons. The predicted molar refractivity (Wildman–Crippen MR) is 78.9 cm³/mol. The summed E-state index contributed by atoms with van der Waals surface area (Å²) in [5, 5.41) is 8.33. The maximum atomic E-state index is 11.0. The van der Waals surface area contributed by atoms with E-state index >= 15 is 0 Å². The first kappa shape index (κ1) is 15.2. The lowest BCUT2D eigenvalue weighted by molar-refractivity contribution is -0.114. The molecule has 0 bridgehead atoms. The van der Waals surface area contributed by atoms with Crippen LogP contribution in [0.4, 0.5) is 5.69 Å². The lowest BCUT2D eigenvalue weighted by Gasteiger charge is -2.27. The molecule has 0 saturated heterocycles. The van der Waals surface area contributed by atoms with Crippen LogP contribution in [0.1, 0.15) is 39.5 Å². The minimum absolute atomic E-state index is 0.0160. The third-order valence-corrected chi connectivity index (χ3v) is 4.19. The van der Waals surface area contributed by atoms with Crippen LogP contribution in [0.15, 0.2) is 11.4 Å². The van der Waals surface area contributed by atoms with E-state index in [0.717, 1.165) is 18.8 Å². The average Bonchev–Trinajstić information content (AvgIpc) is 2.63. The first-order chi connectivity index (χ1) is 8.30. The van der Waals surface area contributed by atoms with E-state index in [0.29, 0.717) is 11.3 Å². The van der Waals surface area contributed by atoms with E-state index in [4.69, 9.17) is 0 Å². The van der Waals surface area contributed by atoms with Crippen molar-refractivity contribution in [1.82, 2.24) is 5.32 Å². The second-order valence-electron chi connectivity index (χ2n) is 5.84. The number of hydrogen-bond donors (Lipinski definition) is 2. The maximum absolute atomic E-state index is 11.0. The highest BCUT2D eigenvalue weighted by molar-refractivity contribution is 7.10. The number of hydrogen-bond acceptors (Lipinski definition) is 3. The Morgan fingerprint density at radius 3 is 2.67 bits per heavy atom. The molecule has 4 heteroatoms. The molecule has 0 spiro atoms. The van der Waals surface area contributed by atoms with Crippen LogP contribution in [-0.4, -0.2) is 12.5 Å². The summed E-state index contributed by atoms with van der Waals surface area (Å²) in [7, 11) is 0. The Balaban J connectivity index is 2.45. The van der Waals surface area contributed by atoms with E-state index in [-0.39, 0.29) is 5.91 Å². The fraction of sp³-hybridized carbons (Fsp3) is 0.643. The summed E-state index contributed by atoms with van der Waals surface area (Å²) in [6.07, 6.45) is 0. The Labute approximate surface area is 114 Å². The number of carbonyl (C=O) groups excluding carboxylic acids is 1. The third kappa shape index (κ3) is 4.78. The number of amides is 1. The van der Waals surface area contributed by atoms with Crippen LogP contribution in [-0.2, 0) is 11.3 Å². The maximum Gasteiger partial charge on any atom is 0.221 e. The highest BCUT2D eigenvalue weighted by Crippen LogP contribution is 2.25. The molecule has 1 unspecified atom stereocenters. The standard InChI is InChI=1S/C14H24N2OS/c1-10(14(3,4)5)8-15-9-13-12(6-7-18-13)16-11(2)17/h6-7,10,15H,8-9H2,1-5H3,(H,16,17). The molecule has 0 aromatic carbocycles. The number of nitrogens with one attached hydrogen (secondary N) is 2. The Morgan fingerprint density at radius 1 is 1.44 bits per heavy atom. The number of anilines is 1. The van der Waals surface area contributed by atoms with Crippen molar-refractivity contribution < 1.29 is 4.79 Å². The van der Waals surface area contributed by atoms with Crippen LogP contribution < -0.4 is 10.6 Å². The molecule has 1 rings (SSSR count). The van der Waals surface area contributed by atoms with Gasteiger partial charge in [-0.05, 0) is 29.3 Å². The van der Waals surface area contributed by atoms with E-state index in [1.807, 2.05) is 11.4 Å². The van der Waals surface area contributed by atoms with Crippen molar-refractivity contribution in [3.63, 3.8) is 0 Å². The van der Waals surface area contributed by atoms with Crippen LogP contribution in [0.2, 0.25) is 0 Å². The molecule has 0 fully saturated rings. The Morgan fingerprint density at radius 2 is 2.11 bits per heavy atom. The van der Waals surface area contributed by atoms with Gasteiger partial charge in [-0.3, -0.25) is 4.79 Å². The van der Waals surface area contributed by atoms with Crippen molar-refractivity contribution in [3.05, 3.63) is 16.3 Å². The molecular weight excluding hydrogens is 244 g/mol. The fourth-order valence-electron chi connectivity index (χ4n) is 1.49. The summed E-state index contributed by atoms with van der Waals surface area (Å²) in [5.41, 5.74) is 1.26. The minimum Gasteiger partial charge on any atom is -0.325 e. The smallest absolute Gasteiger partial charge is 0.221 e. The third-order valence-electron chi connectivity index (χ3n) is 3.27. The van der Waals surface area contributed by atoms with Gasteiger partial charge in [-0.1, -0.05) is 27.7 Å². The highest BCUT2D eigenvalue weighted by Gasteiger charge is 2.19. The van der Waals surface area contributed by atoms with Crippen LogP contribution in [0, 0.1) is 11.3 Å². The first-order valence-corrected chi connectivity index (χ1v) is 7.23. The van der Waals surface area contributed by atoms with Gasteiger partial charge in [0.15, 0.2) is 0 Å². The van der Waals surface area contributed by atoms with Crippen molar-refractivity contribution in [2.45, 2.75) is 41.2 Å². The fourth-order valence-corrected chi connectivity index (χ4v) is 2.29. The van der Waals surface area contributed by atoms with Gasteiger partial charge in [0.05, 0.1) is 5.69 Å². The molecule has 2 N–H and O–H groups in total. The molecule has 1 aromatic heterocycles. The number of carbonyl (C=O) groups is 1. The molecule has 18 heavy (non-hydrogen) atoms. The molecule has 0 aliphatic rings. The van der Waals surface area contributed by atoms with E-state index in [1.54, 1.807) is 11.3 Å².